The number of nitrogens with zero attached hydrogens (tertiary/aromatic N) is 4. The number of fused-ring (bicyclic) bond motifs is 1. The van der Waals surface area contributed by atoms with Crippen molar-refractivity contribution in [3.05, 3.63) is 36.2 Å². The second-order valence-corrected chi connectivity index (χ2v) is 10.2. The lowest BCUT2D eigenvalue weighted by Gasteiger charge is -2.15. The first-order chi connectivity index (χ1) is 15.6. The number of carbonyl (C=O) groups excluding carboxylic acids is 1. The Kier molecular flexibility index (Phi) is 6.16. The molecule has 2 aliphatic rings. The number of hydrogen-bond acceptors (Lipinski definition) is 9. The Hall–Kier alpha value is -2.43. The molecule has 5 rings (SSSR count). The van der Waals surface area contributed by atoms with Crippen LogP contribution in [-0.4, -0.2) is 68.4 Å². The van der Waals surface area contributed by atoms with Crippen molar-refractivity contribution in [1.29, 1.82) is 0 Å². The first-order valence-corrected chi connectivity index (χ1v) is 12.9. The molecular weight excluding hydrogens is 444 g/mol. The van der Waals surface area contributed by atoms with Crippen LogP contribution in [0, 0.1) is 0 Å². The Bertz CT molecular complexity index is 1110. The van der Waals surface area contributed by atoms with Crippen molar-refractivity contribution in [1.82, 2.24) is 19.9 Å². The van der Waals surface area contributed by atoms with E-state index in [0.717, 1.165) is 39.5 Å². The van der Waals surface area contributed by atoms with Gasteiger partial charge in [0, 0.05) is 48.0 Å². The maximum Gasteiger partial charge on any atom is 0.253 e. The minimum atomic E-state index is -0.409. The van der Waals surface area contributed by atoms with Crippen molar-refractivity contribution < 1.29 is 9.90 Å². The highest BCUT2D eigenvalue weighted by atomic mass is 32.2. The Balaban J connectivity index is 1.20. The number of β-amino-alcohol motifs (C(OH)–C–C–N with tert-alkyl or cyclic N) is 1. The smallest absolute Gasteiger partial charge is 0.253 e. The number of aliphatic hydroxyl groups excluding tert-OH is 1. The summed E-state index contributed by atoms with van der Waals surface area (Å²) < 4.78 is 0.994. The molecule has 0 radical (unpaired) electrons. The predicted octanol–water partition coefficient (Wildman–Crippen LogP) is 3.46. The van der Waals surface area contributed by atoms with Crippen LogP contribution < -0.4 is 10.6 Å². The number of anilines is 2. The van der Waals surface area contributed by atoms with E-state index in [1.54, 1.807) is 28.0 Å². The Morgan fingerprint density at radius 1 is 1.19 bits per heavy atom. The standard InChI is InChI=1S/C22H26N6O2S2/c1-31-17-10-23-21(24-11-17)25-14-3-4-15(9-14)26-22-27-18-5-2-13(8-19(18)32-22)20(30)28-7-6-16(29)12-28/h2,5,8,10-11,14-16,29H,3-4,6-7,9,12H2,1H3,(H,26,27)(H,23,24,25)/t14-,15-,16+/m0/s1. The Labute approximate surface area is 194 Å². The number of benzene rings is 1. The van der Waals surface area contributed by atoms with Gasteiger partial charge in [0.2, 0.25) is 5.95 Å². The zero-order chi connectivity index (χ0) is 22.1. The molecule has 1 saturated heterocycles. The number of aromatic nitrogens is 3. The van der Waals surface area contributed by atoms with Crippen LogP contribution >= 0.6 is 23.1 Å². The molecule has 1 aliphatic heterocycles. The van der Waals surface area contributed by atoms with Gasteiger partial charge >= 0.3 is 0 Å². The lowest BCUT2D eigenvalue weighted by Crippen LogP contribution is -2.29. The van der Waals surface area contributed by atoms with Gasteiger partial charge in [-0.05, 0) is 50.1 Å². The van der Waals surface area contributed by atoms with Crippen LogP contribution in [0.15, 0.2) is 35.5 Å². The molecule has 3 heterocycles. The van der Waals surface area contributed by atoms with Gasteiger partial charge in [0.05, 0.1) is 16.3 Å². The molecule has 1 saturated carbocycles. The average Bonchev–Trinajstić information content (AvgIpc) is 3.53. The second-order valence-electron chi connectivity index (χ2n) is 8.34. The van der Waals surface area contributed by atoms with Crippen molar-refractivity contribution in [3.8, 4) is 0 Å². The largest absolute Gasteiger partial charge is 0.391 e. The fraction of sp³-hybridized carbons (Fsp3) is 0.455. The molecule has 10 heteroatoms. The van der Waals surface area contributed by atoms with Crippen molar-refractivity contribution in [2.75, 3.05) is 30.0 Å². The highest BCUT2D eigenvalue weighted by molar-refractivity contribution is 7.98. The average molecular weight is 471 g/mol. The number of amides is 1. The molecule has 3 N–H and O–H groups in total. The summed E-state index contributed by atoms with van der Waals surface area (Å²) in [7, 11) is 0. The SMILES string of the molecule is CSc1cnc(N[C@H]2CC[C@H](Nc3nc4ccc(C(=O)N5CC[C@@H](O)C5)cc4s3)C2)nc1. The van der Waals surface area contributed by atoms with E-state index in [1.807, 2.05) is 36.8 Å². The van der Waals surface area contributed by atoms with E-state index in [9.17, 15) is 9.90 Å². The lowest BCUT2D eigenvalue weighted by molar-refractivity contribution is 0.0765. The minimum absolute atomic E-state index is 0.0242. The topological polar surface area (TPSA) is 103 Å². The van der Waals surface area contributed by atoms with Gasteiger partial charge in [0.1, 0.15) is 0 Å². The summed E-state index contributed by atoms with van der Waals surface area (Å²) in [5.74, 6) is 0.653. The number of thioether (sulfide) groups is 1. The molecule has 1 aromatic carbocycles. The van der Waals surface area contributed by atoms with Crippen LogP contribution in [0.25, 0.3) is 10.2 Å². The molecule has 32 heavy (non-hydrogen) atoms. The summed E-state index contributed by atoms with van der Waals surface area (Å²) >= 11 is 3.21. The quantitative estimate of drug-likeness (QED) is 0.471. The summed E-state index contributed by atoms with van der Waals surface area (Å²) in [6.45, 7) is 1.02. The monoisotopic (exact) mass is 470 g/mol. The lowest BCUT2D eigenvalue weighted by atomic mass is 10.2. The van der Waals surface area contributed by atoms with Crippen LogP contribution in [0.4, 0.5) is 11.1 Å². The van der Waals surface area contributed by atoms with E-state index in [0.29, 0.717) is 43.1 Å². The van der Waals surface area contributed by atoms with E-state index >= 15 is 0 Å². The third kappa shape index (κ3) is 4.67. The number of hydrogen-bond donors (Lipinski definition) is 3. The first-order valence-electron chi connectivity index (χ1n) is 10.8. The van der Waals surface area contributed by atoms with Gasteiger partial charge in [0.15, 0.2) is 5.13 Å². The summed E-state index contributed by atoms with van der Waals surface area (Å²) in [6, 6.07) is 6.33. The van der Waals surface area contributed by atoms with Crippen molar-refractivity contribution in [3.63, 3.8) is 0 Å². The van der Waals surface area contributed by atoms with E-state index in [4.69, 9.17) is 4.98 Å². The van der Waals surface area contributed by atoms with E-state index in [-0.39, 0.29) is 5.91 Å². The molecule has 3 aromatic rings. The van der Waals surface area contributed by atoms with Crippen molar-refractivity contribution >= 4 is 50.3 Å². The first kappa shape index (κ1) is 21.4. The summed E-state index contributed by atoms with van der Waals surface area (Å²) in [4.78, 5) is 29.0. The molecule has 168 valence electrons. The third-order valence-electron chi connectivity index (χ3n) is 6.04. The summed E-state index contributed by atoms with van der Waals surface area (Å²) in [6.07, 6.45) is 9.02. The number of nitrogens with one attached hydrogen (secondary N) is 2. The van der Waals surface area contributed by atoms with Gasteiger partial charge in [0.25, 0.3) is 5.91 Å². The normalized spacial score (nSPS) is 23.1. The van der Waals surface area contributed by atoms with Gasteiger partial charge in [-0.25, -0.2) is 15.0 Å². The maximum atomic E-state index is 12.7. The zero-order valence-corrected chi connectivity index (χ0v) is 19.5. The number of thiazole rings is 1. The molecule has 1 amide bonds. The number of likely N-dealkylation sites (tertiary alicyclic amines) is 1. The summed E-state index contributed by atoms with van der Waals surface area (Å²) in [5, 5.41) is 17.6. The Morgan fingerprint density at radius 3 is 2.69 bits per heavy atom. The van der Waals surface area contributed by atoms with Crippen LogP contribution in [-0.2, 0) is 0 Å². The van der Waals surface area contributed by atoms with E-state index in [1.165, 1.54) is 0 Å². The predicted molar refractivity (Wildman–Crippen MR) is 129 cm³/mol. The molecule has 2 fully saturated rings. The van der Waals surface area contributed by atoms with E-state index < -0.39 is 6.10 Å². The minimum Gasteiger partial charge on any atom is -0.391 e. The van der Waals surface area contributed by atoms with Gasteiger partial charge in [-0.2, -0.15) is 0 Å². The number of carbonyl (C=O) groups is 1. The van der Waals surface area contributed by atoms with Crippen LogP contribution in [0.3, 0.4) is 0 Å². The highest BCUT2D eigenvalue weighted by Crippen LogP contribution is 2.31. The number of aliphatic hydroxyl groups is 1. The van der Waals surface area contributed by atoms with Gasteiger partial charge in [-0.3, -0.25) is 4.79 Å². The van der Waals surface area contributed by atoms with Crippen LogP contribution in [0.5, 0.6) is 0 Å². The third-order valence-corrected chi connectivity index (χ3v) is 7.67. The number of rotatable bonds is 6. The molecule has 8 nitrogen and oxygen atoms in total. The van der Waals surface area contributed by atoms with Crippen molar-refractivity contribution in [2.24, 2.45) is 0 Å². The second kappa shape index (κ2) is 9.21. The maximum absolute atomic E-state index is 12.7. The molecule has 0 spiro atoms. The molecular formula is C22H26N6O2S2. The van der Waals surface area contributed by atoms with E-state index in [2.05, 4.69) is 20.6 Å². The molecule has 1 aliphatic carbocycles. The van der Waals surface area contributed by atoms with Gasteiger partial charge in [-0.1, -0.05) is 11.3 Å². The molecule has 3 atom stereocenters. The van der Waals surface area contributed by atoms with Gasteiger partial charge in [-0.15, -0.1) is 11.8 Å². The summed E-state index contributed by atoms with van der Waals surface area (Å²) in [5.41, 5.74) is 1.55. The molecule has 0 unspecified atom stereocenters. The molecule has 0 bridgehead atoms. The fourth-order valence-corrected chi connectivity index (χ4v) is 5.62. The fourth-order valence-electron chi connectivity index (χ4n) is 4.33. The Morgan fingerprint density at radius 2 is 1.97 bits per heavy atom. The van der Waals surface area contributed by atoms with Gasteiger partial charge < -0.3 is 20.6 Å². The highest BCUT2D eigenvalue weighted by Gasteiger charge is 2.27. The van der Waals surface area contributed by atoms with Crippen molar-refractivity contribution in [2.45, 2.75) is 48.8 Å². The van der Waals surface area contributed by atoms with Crippen LogP contribution in [0.2, 0.25) is 0 Å². The van der Waals surface area contributed by atoms with Crippen LogP contribution in [0.1, 0.15) is 36.0 Å². The molecule has 2 aromatic heterocycles. The zero-order valence-electron chi connectivity index (χ0n) is 17.8.